The maximum Gasteiger partial charge on any atom is 0.321 e. The number of carbonyl (C=O) groups excluding carboxylic acids is 1. The van der Waals surface area contributed by atoms with Crippen molar-refractivity contribution in [3.8, 4) is 5.75 Å². The van der Waals surface area contributed by atoms with Crippen LogP contribution in [0.4, 0.5) is 10.5 Å². The first-order chi connectivity index (χ1) is 11.1. The molecule has 5 nitrogen and oxygen atoms in total. The Kier molecular flexibility index (Phi) is 6.44. The molecule has 0 fully saturated rings. The van der Waals surface area contributed by atoms with Gasteiger partial charge in [-0.25, -0.2) is 4.79 Å². The second-order valence-corrected chi connectivity index (χ2v) is 5.24. The largest absolute Gasteiger partial charge is 0.491 e. The van der Waals surface area contributed by atoms with Gasteiger partial charge in [-0.05, 0) is 29.8 Å². The molecule has 0 aliphatic carbocycles. The Balaban J connectivity index is 1.72. The SMILES string of the molecule is CN(C)C(=O)Nc1cccc(COCCOc2ccccc2)c1. The third kappa shape index (κ3) is 6.00. The minimum atomic E-state index is -0.153. The highest BCUT2D eigenvalue weighted by Gasteiger charge is 2.04. The van der Waals surface area contributed by atoms with Crippen molar-refractivity contribution in [2.45, 2.75) is 6.61 Å². The third-order valence-electron chi connectivity index (χ3n) is 3.09. The van der Waals surface area contributed by atoms with Crippen molar-refractivity contribution >= 4 is 11.7 Å². The number of rotatable bonds is 7. The van der Waals surface area contributed by atoms with Crippen molar-refractivity contribution in [2.24, 2.45) is 0 Å². The lowest BCUT2D eigenvalue weighted by Crippen LogP contribution is -2.27. The first-order valence-corrected chi connectivity index (χ1v) is 7.48. The van der Waals surface area contributed by atoms with Crippen molar-refractivity contribution in [2.75, 3.05) is 32.6 Å². The summed E-state index contributed by atoms with van der Waals surface area (Å²) < 4.78 is 11.2. The molecule has 0 bridgehead atoms. The van der Waals surface area contributed by atoms with E-state index >= 15 is 0 Å². The number of urea groups is 1. The minimum Gasteiger partial charge on any atom is -0.491 e. The summed E-state index contributed by atoms with van der Waals surface area (Å²) in [6, 6.07) is 17.1. The molecule has 0 unspecified atom stereocenters. The van der Waals surface area contributed by atoms with E-state index in [1.807, 2.05) is 54.6 Å². The van der Waals surface area contributed by atoms with E-state index in [-0.39, 0.29) is 6.03 Å². The maximum absolute atomic E-state index is 11.6. The van der Waals surface area contributed by atoms with E-state index in [4.69, 9.17) is 9.47 Å². The number of nitrogens with zero attached hydrogens (tertiary/aromatic N) is 1. The first-order valence-electron chi connectivity index (χ1n) is 7.48. The summed E-state index contributed by atoms with van der Waals surface area (Å²) in [7, 11) is 3.41. The summed E-state index contributed by atoms with van der Waals surface area (Å²) in [5.74, 6) is 0.837. The fourth-order valence-corrected chi connectivity index (χ4v) is 1.90. The van der Waals surface area contributed by atoms with Crippen molar-refractivity contribution in [3.63, 3.8) is 0 Å². The molecule has 0 atom stereocenters. The summed E-state index contributed by atoms with van der Waals surface area (Å²) in [6.07, 6.45) is 0. The minimum absolute atomic E-state index is 0.153. The predicted molar refractivity (Wildman–Crippen MR) is 90.7 cm³/mol. The quantitative estimate of drug-likeness (QED) is 0.797. The third-order valence-corrected chi connectivity index (χ3v) is 3.09. The van der Waals surface area contributed by atoms with Crippen LogP contribution in [0.3, 0.4) is 0 Å². The number of anilines is 1. The summed E-state index contributed by atoms with van der Waals surface area (Å²) in [4.78, 5) is 13.1. The van der Waals surface area contributed by atoms with Gasteiger partial charge in [0.15, 0.2) is 0 Å². The van der Waals surface area contributed by atoms with E-state index in [1.54, 1.807) is 14.1 Å². The second-order valence-electron chi connectivity index (χ2n) is 5.24. The van der Waals surface area contributed by atoms with Crippen LogP contribution in [0.15, 0.2) is 54.6 Å². The molecule has 0 aromatic heterocycles. The van der Waals surface area contributed by atoms with Gasteiger partial charge in [0.1, 0.15) is 12.4 Å². The highest BCUT2D eigenvalue weighted by atomic mass is 16.5. The normalized spacial score (nSPS) is 10.2. The average Bonchev–Trinajstić information content (AvgIpc) is 2.56. The van der Waals surface area contributed by atoms with Crippen LogP contribution in [0, 0.1) is 0 Å². The number of hydrogen-bond acceptors (Lipinski definition) is 3. The first kappa shape index (κ1) is 16.8. The number of amides is 2. The van der Waals surface area contributed by atoms with E-state index < -0.39 is 0 Å². The van der Waals surface area contributed by atoms with Crippen LogP contribution in [0.25, 0.3) is 0 Å². The number of hydrogen-bond donors (Lipinski definition) is 1. The van der Waals surface area contributed by atoms with Gasteiger partial charge in [0.2, 0.25) is 0 Å². The molecule has 5 heteroatoms. The van der Waals surface area contributed by atoms with Gasteiger partial charge in [-0.1, -0.05) is 30.3 Å². The van der Waals surface area contributed by atoms with Crippen LogP contribution in [-0.4, -0.2) is 38.2 Å². The van der Waals surface area contributed by atoms with Crippen LogP contribution < -0.4 is 10.1 Å². The molecule has 23 heavy (non-hydrogen) atoms. The standard InChI is InChI=1S/C18H22N2O3/c1-20(2)18(21)19-16-8-6-7-15(13-16)14-22-11-12-23-17-9-4-3-5-10-17/h3-10,13H,11-12,14H2,1-2H3,(H,19,21). The molecule has 0 radical (unpaired) electrons. The van der Waals surface area contributed by atoms with Crippen LogP contribution in [0.1, 0.15) is 5.56 Å². The summed E-state index contributed by atoms with van der Waals surface area (Å²) in [6.45, 7) is 1.48. The number of nitrogens with one attached hydrogen (secondary N) is 1. The van der Waals surface area contributed by atoms with Crippen LogP contribution >= 0.6 is 0 Å². The zero-order valence-corrected chi connectivity index (χ0v) is 13.5. The molecule has 2 aromatic rings. The molecular formula is C18H22N2O3. The molecular weight excluding hydrogens is 292 g/mol. The van der Waals surface area contributed by atoms with Gasteiger partial charge < -0.3 is 19.7 Å². The Morgan fingerprint density at radius 3 is 2.57 bits per heavy atom. The average molecular weight is 314 g/mol. The molecule has 1 N–H and O–H groups in total. The van der Waals surface area contributed by atoms with E-state index in [1.165, 1.54) is 4.90 Å². The number of para-hydroxylation sites is 1. The monoisotopic (exact) mass is 314 g/mol. The number of benzene rings is 2. The van der Waals surface area contributed by atoms with Gasteiger partial charge in [-0.2, -0.15) is 0 Å². The Morgan fingerprint density at radius 1 is 1.04 bits per heavy atom. The molecule has 0 aliphatic rings. The van der Waals surface area contributed by atoms with Gasteiger partial charge in [0.25, 0.3) is 0 Å². The number of carbonyl (C=O) groups is 1. The summed E-state index contributed by atoms with van der Waals surface area (Å²) >= 11 is 0. The molecule has 0 heterocycles. The van der Waals surface area contributed by atoms with Crippen molar-refractivity contribution in [1.29, 1.82) is 0 Å². The Labute approximate surface area is 136 Å². The lowest BCUT2D eigenvalue weighted by Gasteiger charge is -2.13. The Bertz CT molecular complexity index is 615. The summed E-state index contributed by atoms with van der Waals surface area (Å²) in [5.41, 5.74) is 1.76. The van der Waals surface area contributed by atoms with Gasteiger partial charge in [0, 0.05) is 19.8 Å². The molecule has 0 saturated carbocycles. The Morgan fingerprint density at radius 2 is 1.83 bits per heavy atom. The zero-order valence-electron chi connectivity index (χ0n) is 13.5. The lowest BCUT2D eigenvalue weighted by atomic mass is 10.2. The summed E-state index contributed by atoms with van der Waals surface area (Å²) in [5, 5.41) is 2.81. The van der Waals surface area contributed by atoms with Crippen molar-refractivity contribution < 1.29 is 14.3 Å². The molecule has 2 rings (SSSR count). The second kappa shape index (κ2) is 8.80. The molecule has 0 aliphatic heterocycles. The van der Waals surface area contributed by atoms with Crippen LogP contribution in [0.2, 0.25) is 0 Å². The van der Waals surface area contributed by atoms with E-state index in [0.717, 1.165) is 17.0 Å². The van der Waals surface area contributed by atoms with Gasteiger partial charge in [-0.15, -0.1) is 0 Å². The van der Waals surface area contributed by atoms with Crippen molar-refractivity contribution in [3.05, 3.63) is 60.2 Å². The molecule has 2 amide bonds. The van der Waals surface area contributed by atoms with E-state index in [2.05, 4.69) is 5.32 Å². The van der Waals surface area contributed by atoms with Crippen LogP contribution in [-0.2, 0) is 11.3 Å². The van der Waals surface area contributed by atoms with Crippen LogP contribution in [0.5, 0.6) is 5.75 Å². The molecule has 2 aromatic carbocycles. The van der Waals surface area contributed by atoms with Gasteiger partial charge >= 0.3 is 6.03 Å². The van der Waals surface area contributed by atoms with Gasteiger partial charge in [0.05, 0.1) is 13.2 Å². The highest BCUT2D eigenvalue weighted by molar-refractivity contribution is 5.88. The maximum atomic E-state index is 11.6. The smallest absolute Gasteiger partial charge is 0.321 e. The van der Waals surface area contributed by atoms with Crippen molar-refractivity contribution in [1.82, 2.24) is 4.90 Å². The highest BCUT2D eigenvalue weighted by Crippen LogP contribution is 2.12. The van der Waals surface area contributed by atoms with E-state index in [0.29, 0.717) is 19.8 Å². The predicted octanol–water partition coefficient (Wildman–Crippen LogP) is 3.38. The molecule has 0 spiro atoms. The topological polar surface area (TPSA) is 50.8 Å². The van der Waals surface area contributed by atoms with Gasteiger partial charge in [-0.3, -0.25) is 0 Å². The fraction of sp³-hybridized carbons (Fsp3) is 0.278. The molecule has 122 valence electrons. The zero-order chi connectivity index (χ0) is 16.5. The number of ether oxygens (including phenoxy) is 2. The lowest BCUT2D eigenvalue weighted by molar-refractivity contribution is 0.0889. The fourth-order valence-electron chi connectivity index (χ4n) is 1.90. The van der Waals surface area contributed by atoms with E-state index in [9.17, 15) is 4.79 Å². The Hall–Kier alpha value is -2.53. The molecule has 0 saturated heterocycles.